The molecule has 3 aliphatic rings. The molecular formula is C36H26N2S. The average molecular weight is 519 g/mol. The molecule has 0 fully saturated rings. The first-order valence-corrected chi connectivity index (χ1v) is 14.6. The molecule has 0 bridgehead atoms. The molecule has 9 rings (SSSR count). The van der Waals surface area contributed by atoms with Gasteiger partial charge in [0.1, 0.15) is 0 Å². The molecule has 186 valence electrons. The van der Waals surface area contributed by atoms with Crippen LogP contribution in [0.1, 0.15) is 34.4 Å². The number of nitrogens with zero attached hydrogens (tertiary/aromatic N) is 2. The highest BCUT2D eigenvalue weighted by Gasteiger charge is 2.41. The maximum atomic E-state index is 2.71. The molecule has 3 heteroatoms. The monoisotopic (exact) mass is 518 g/mol. The quantitative estimate of drug-likeness (QED) is 0.222. The molecule has 3 heterocycles. The first kappa shape index (κ1) is 21.6. The van der Waals surface area contributed by atoms with E-state index in [0.717, 1.165) is 6.42 Å². The number of allylic oxidation sites excluding steroid dienone is 2. The standard InChI is InChI=1S/C36H26N2S/c1-5-17-29-23(11-1)24-12-2-6-18-30(24)37(29)33-21-9-15-27-28-16-10-22-34(36(28)39-35(27)33)38-31-19-7-3-13-25(31)26-14-4-8-20-32(26)38/h1-21,25,31,34H,22H2. The summed E-state index contributed by atoms with van der Waals surface area (Å²) in [5.41, 5.74) is 8.03. The van der Waals surface area contributed by atoms with Crippen molar-refractivity contribution >= 4 is 55.0 Å². The van der Waals surface area contributed by atoms with Gasteiger partial charge < -0.3 is 9.47 Å². The lowest BCUT2D eigenvalue weighted by Crippen LogP contribution is -2.36. The topological polar surface area (TPSA) is 8.17 Å². The molecule has 3 unspecified atom stereocenters. The summed E-state index contributed by atoms with van der Waals surface area (Å²) in [6, 6.07) is 34.2. The van der Waals surface area contributed by atoms with E-state index < -0.39 is 0 Å². The Bertz CT molecular complexity index is 1980. The zero-order chi connectivity index (χ0) is 25.5. The van der Waals surface area contributed by atoms with Crippen LogP contribution < -0.4 is 4.90 Å². The van der Waals surface area contributed by atoms with E-state index in [1.807, 2.05) is 11.3 Å². The molecule has 0 spiro atoms. The van der Waals surface area contributed by atoms with Crippen LogP contribution >= 0.6 is 11.3 Å². The number of fused-ring (bicyclic) bond motifs is 9. The fraction of sp³-hybridized carbons (Fsp3) is 0.111. The van der Waals surface area contributed by atoms with Gasteiger partial charge in [-0.1, -0.05) is 103 Å². The largest absolute Gasteiger partial charge is 0.356 e. The van der Waals surface area contributed by atoms with Crippen LogP contribution in [0.4, 0.5) is 5.69 Å². The van der Waals surface area contributed by atoms with Crippen LogP contribution in [0.25, 0.3) is 43.7 Å². The highest BCUT2D eigenvalue weighted by molar-refractivity contribution is 7.20. The summed E-state index contributed by atoms with van der Waals surface area (Å²) >= 11 is 1.99. The van der Waals surface area contributed by atoms with E-state index in [1.165, 1.54) is 59.3 Å². The Morgan fingerprint density at radius 3 is 2.21 bits per heavy atom. The van der Waals surface area contributed by atoms with Gasteiger partial charge in [0.2, 0.25) is 0 Å². The van der Waals surface area contributed by atoms with Crippen molar-refractivity contribution in [2.24, 2.45) is 0 Å². The molecule has 2 aliphatic carbocycles. The molecule has 0 N–H and O–H groups in total. The molecule has 4 aromatic carbocycles. The van der Waals surface area contributed by atoms with Gasteiger partial charge in [-0.3, -0.25) is 0 Å². The Morgan fingerprint density at radius 1 is 0.667 bits per heavy atom. The van der Waals surface area contributed by atoms with Crippen LogP contribution in [0.5, 0.6) is 0 Å². The van der Waals surface area contributed by atoms with Crippen molar-refractivity contribution in [3.8, 4) is 5.69 Å². The van der Waals surface area contributed by atoms with E-state index in [1.54, 1.807) is 0 Å². The Hall–Kier alpha value is -4.34. The van der Waals surface area contributed by atoms with Crippen LogP contribution in [0, 0.1) is 0 Å². The fourth-order valence-corrected chi connectivity index (χ4v) is 8.68. The Kier molecular flexibility index (Phi) is 4.47. The Balaban J connectivity index is 1.28. The zero-order valence-electron chi connectivity index (χ0n) is 21.4. The first-order valence-electron chi connectivity index (χ1n) is 13.8. The molecular weight excluding hydrogens is 492 g/mol. The predicted molar refractivity (Wildman–Crippen MR) is 166 cm³/mol. The molecule has 39 heavy (non-hydrogen) atoms. The SMILES string of the molecule is C1=CC2c3ccccc3N(C3CC=Cc4c3sc3c(-n5c6ccccc6c6ccccc65)cccc43)C2C=C1. The number of benzene rings is 4. The van der Waals surface area contributed by atoms with Gasteiger partial charge in [-0.25, -0.2) is 0 Å². The van der Waals surface area contributed by atoms with E-state index >= 15 is 0 Å². The van der Waals surface area contributed by atoms with Crippen LogP contribution in [-0.4, -0.2) is 10.6 Å². The summed E-state index contributed by atoms with van der Waals surface area (Å²) < 4.78 is 3.84. The normalized spacial score (nSPS) is 21.1. The fourth-order valence-electron chi connectivity index (χ4n) is 7.27. The Morgan fingerprint density at radius 2 is 1.36 bits per heavy atom. The van der Waals surface area contributed by atoms with E-state index in [4.69, 9.17) is 0 Å². The van der Waals surface area contributed by atoms with Gasteiger partial charge in [0.05, 0.1) is 33.5 Å². The van der Waals surface area contributed by atoms with Crippen molar-refractivity contribution < 1.29 is 0 Å². The third-order valence-electron chi connectivity index (χ3n) is 8.87. The van der Waals surface area contributed by atoms with Crippen molar-refractivity contribution in [1.29, 1.82) is 0 Å². The number of rotatable bonds is 2. The minimum absolute atomic E-state index is 0.320. The summed E-state index contributed by atoms with van der Waals surface area (Å²) in [4.78, 5) is 4.19. The van der Waals surface area contributed by atoms with Gasteiger partial charge in [-0.2, -0.15) is 0 Å². The molecule has 1 aliphatic heterocycles. The smallest absolute Gasteiger partial charge is 0.0682 e. The third-order valence-corrected chi connectivity index (χ3v) is 10.2. The van der Waals surface area contributed by atoms with Gasteiger partial charge in [0, 0.05) is 32.6 Å². The van der Waals surface area contributed by atoms with Gasteiger partial charge in [-0.15, -0.1) is 11.3 Å². The van der Waals surface area contributed by atoms with E-state index in [2.05, 4.69) is 137 Å². The Labute approximate surface area is 231 Å². The van der Waals surface area contributed by atoms with Gasteiger partial charge in [0.15, 0.2) is 0 Å². The molecule has 0 amide bonds. The number of anilines is 1. The van der Waals surface area contributed by atoms with Crippen LogP contribution in [0.15, 0.2) is 121 Å². The van der Waals surface area contributed by atoms with Gasteiger partial charge >= 0.3 is 0 Å². The zero-order valence-corrected chi connectivity index (χ0v) is 22.2. The molecule has 0 saturated heterocycles. The molecule has 2 aromatic heterocycles. The lowest BCUT2D eigenvalue weighted by molar-refractivity contribution is 0.576. The van der Waals surface area contributed by atoms with Crippen molar-refractivity contribution in [3.63, 3.8) is 0 Å². The van der Waals surface area contributed by atoms with E-state index in [-0.39, 0.29) is 0 Å². The van der Waals surface area contributed by atoms with Gasteiger partial charge in [-0.05, 0) is 41.8 Å². The maximum absolute atomic E-state index is 2.71. The number of aromatic nitrogens is 1. The van der Waals surface area contributed by atoms with Crippen molar-refractivity contribution in [2.75, 3.05) is 4.90 Å². The number of para-hydroxylation sites is 3. The van der Waals surface area contributed by atoms with Crippen LogP contribution in [0.3, 0.4) is 0 Å². The summed E-state index contributed by atoms with van der Waals surface area (Å²) in [6.45, 7) is 0. The molecule has 3 atom stereocenters. The first-order chi connectivity index (χ1) is 19.4. The number of hydrogen-bond donors (Lipinski definition) is 0. The minimum atomic E-state index is 0.320. The second-order valence-electron chi connectivity index (χ2n) is 10.8. The maximum Gasteiger partial charge on any atom is 0.0682 e. The molecule has 0 saturated carbocycles. The van der Waals surface area contributed by atoms with Crippen molar-refractivity contribution in [1.82, 2.24) is 4.57 Å². The molecule has 6 aromatic rings. The summed E-state index contributed by atoms with van der Waals surface area (Å²) in [7, 11) is 0. The second-order valence-corrected chi connectivity index (χ2v) is 11.9. The second kappa shape index (κ2) is 8.08. The molecule has 0 radical (unpaired) electrons. The van der Waals surface area contributed by atoms with E-state index in [0.29, 0.717) is 18.0 Å². The van der Waals surface area contributed by atoms with Crippen molar-refractivity contribution in [2.45, 2.75) is 24.4 Å². The number of thiophene rings is 1. The number of hydrogen-bond acceptors (Lipinski definition) is 2. The average Bonchev–Trinajstić information content (AvgIpc) is 3.65. The van der Waals surface area contributed by atoms with Crippen molar-refractivity contribution in [3.05, 3.63) is 137 Å². The summed E-state index contributed by atoms with van der Waals surface area (Å²) in [5, 5.41) is 3.97. The lowest BCUT2D eigenvalue weighted by Gasteiger charge is -2.37. The van der Waals surface area contributed by atoms with E-state index in [9.17, 15) is 0 Å². The highest BCUT2D eigenvalue weighted by Crippen LogP contribution is 2.52. The lowest BCUT2D eigenvalue weighted by atomic mass is 9.90. The highest BCUT2D eigenvalue weighted by atomic mass is 32.1. The molecule has 2 nitrogen and oxygen atoms in total. The predicted octanol–water partition coefficient (Wildman–Crippen LogP) is 9.55. The van der Waals surface area contributed by atoms with Gasteiger partial charge in [0.25, 0.3) is 0 Å². The van der Waals surface area contributed by atoms with Crippen LogP contribution in [-0.2, 0) is 0 Å². The summed E-state index contributed by atoms with van der Waals surface area (Å²) in [5.74, 6) is 0.420. The van der Waals surface area contributed by atoms with Crippen LogP contribution in [0.2, 0.25) is 0 Å². The third kappa shape index (κ3) is 2.91. The minimum Gasteiger partial charge on any atom is -0.356 e. The summed E-state index contributed by atoms with van der Waals surface area (Å²) in [6.07, 6.45) is 15.0.